The van der Waals surface area contributed by atoms with Crippen molar-refractivity contribution in [1.29, 1.82) is 0 Å². The van der Waals surface area contributed by atoms with Gasteiger partial charge in [-0.15, -0.1) is 24.0 Å². The van der Waals surface area contributed by atoms with E-state index in [1.54, 1.807) is 6.20 Å². The van der Waals surface area contributed by atoms with Crippen molar-refractivity contribution in [3.05, 3.63) is 78.0 Å². The molecule has 3 heterocycles. The lowest BCUT2D eigenvalue weighted by Crippen LogP contribution is -2.40. The second-order valence-corrected chi connectivity index (χ2v) is 7.83. The van der Waals surface area contributed by atoms with Gasteiger partial charge in [0.25, 0.3) is 0 Å². The first-order valence-corrected chi connectivity index (χ1v) is 10.8. The maximum Gasteiger partial charge on any atom is 0.194 e. The molecule has 1 aliphatic heterocycles. The predicted molar refractivity (Wildman–Crippen MR) is 136 cm³/mol. The summed E-state index contributed by atoms with van der Waals surface area (Å²) in [6.45, 7) is 7.70. The first kappa shape index (κ1) is 23.2. The van der Waals surface area contributed by atoms with Crippen LogP contribution in [0.15, 0.2) is 66.0 Å². The number of aliphatic imine (C=N–C) groups is 1. The molecule has 0 radical (unpaired) electrons. The first-order valence-electron chi connectivity index (χ1n) is 10.8. The highest BCUT2D eigenvalue weighted by Gasteiger charge is 2.24. The lowest BCUT2D eigenvalue weighted by Gasteiger charge is -2.21. The van der Waals surface area contributed by atoms with Gasteiger partial charge in [0.15, 0.2) is 5.96 Å². The van der Waals surface area contributed by atoms with Crippen LogP contribution in [-0.4, -0.2) is 45.0 Å². The molecular formula is C24H31IN6. The van der Waals surface area contributed by atoms with Crippen LogP contribution in [0.1, 0.15) is 30.3 Å². The fourth-order valence-electron chi connectivity index (χ4n) is 4.00. The summed E-state index contributed by atoms with van der Waals surface area (Å²) in [5.74, 6) is 3.49. The number of pyridine rings is 1. The van der Waals surface area contributed by atoms with Crippen LogP contribution in [-0.2, 0) is 13.0 Å². The van der Waals surface area contributed by atoms with E-state index in [0.29, 0.717) is 12.5 Å². The highest BCUT2D eigenvalue weighted by atomic mass is 127. The Morgan fingerprint density at radius 2 is 1.97 bits per heavy atom. The second-order valence-electron chi connectivity index (χ2n) is 7.83. The third-order valence-electron chi connectivity index (χ3n) is 5.58. The van der Waals surface area contributed by atoms with Crippen LogP contribution in [0.5, 0.6) is 0 Å². The van der Waals surface area contributed by atoms with Gasteiger partial charge in [-0.1, -0.05) is 36.4 Å². The van der Waals surface area contributed by atoms with Crippen LogP contribution < -0.4 is 5.32 Å². The van der Waals surface area contributed by atoms with Gasteiger partial charge in [0.1, 0.15) is 11.6 Å². The lowest BCUT2D eigenvalue weighted by molar-refractivity contribution is 0.460. The van der Waals surface area contributed by atoms with Crippen molar-refractivity contribution in [2.45, 2.75) is 33.2 Å². The van der Waals surface area contributed by atoms with Gasteiger partial charge >= 0.3 is 0 Å². The molecule has 1 atom stereocenters. The Kier molecular flexibility index (Phi) is 8.45. The summed E-state index contributed by atoms with van der Waals surface area (Å²) in [6, 6.07) is 14.9. The molecule has 164 valence electrons. The number of benzene rings is 1. The minimum Gasteiger partial charge on any atom is -0.357 e. The molecule has 4 rings (SSSR count). The molecule has 1 N–H and O–H groups in total. The van der Waals surface area contributed by atoms with Gasteiger partial charge in [0.2, 0.25) is 0 Å². The number of aryl methyl sites for hydroxylation is 1. The maximum atomic E-state index is 4.89. The standard InChI is InChI=1S/C24H30N6.HI/c1-3-25-24(29-13-11-21(18-29)15-20-7-5-4-6-8-20)28-17-22-9-10-23(27-16-22)30-14-12-26-19(30)2;/h4-10,12,14,16,21H,3,11,13,15,17-18H2,1-2H3,(H,25,28);1H. The number of aromatic nitrogens is 3. The number of guanidine groups is 1. The molecule has 1 saturated heterocycles. The van der Waals surface area contributed by atoms with E-state index in [0.717, 1.165) is 49.2 Å². The monoisotopic (exact) mass is 530 g/mol. The summed E-state index contributed by atoms with van der Waals surface area (Å²) < 4.78 is 1.98. The zero-order valence-corrected chi connectivity index (χ0v) is 20.6. The average molecular weight is 530 g/mol. The third-order valence-corrected chi connectivity index (χ3v) is 5.58. The number of hydrogen-bond donors (Lipinski definition) is 1. The molecule has 0 aliphatic carbocycles. The number of likely N-dealkylation sites (tertiary alicyclic amines) is 1. The maximum absolute atomic E-state index is 4.89. The van der Waals surface area contributed by atoms with Crippen molar-refractivity contribution in [1.82, 2.24) is 24.8 Å². The normalized spacial score (nSPS) is 16.3. The van der Waals surface area contributed by atoms with E-state index in [9.17, 15) is 0 Å². The molecule has 3 aromatic rings. The molecule has 31 heavy (non-hydrogen) atoms. The quantitative estimate of drug-likeness (QED) is 0.295. The predicted octanol–water partition coefficient (Wildman–Crippen LogP) is 4.22. The number of halogens is 1. The minimum atomic E-state index is 0. The molecule has 1 fully saturated rings. The number of hydrogen-bond acceptors (Lipinski definition) is 3. The first-order chi connectivity index (χ1) is 14.7. The fourth-order valence-corrected chi connectivity index (χ4v) is 4.00. The van der Waals surface area contributed by atoms with Gasteiger partial charge in [-0.05, 0) is 49.8 Å². The van der Waals surface area contributed by atoms with E-state index in [-0.39, 0.29) is 24.0 Å². The molecular weight excluding hydrogens is 499 g/mol. The van der Waals surface area contributed by atoms with Crippen molar-refractivity contribution in [2.24, 2.45) is 10.9 Å². The Bertz CT molecular complexity index is 967. The van der Waals surface area contributed by atoms with E-state index < -0.39 is 0 Å². The third kappa shape index (κ3) is 6.06. The molecule has 0 amide bonds. The van der Waals surface area contributed by atoms with Crippen LogP contribution in [0.2, 0.25) is 0 Å². The van der Waals surface area contributed by atoms with Gasteiger partial charge in [-0.2, -0.15) is 0 Å². The van der Waals surface area contributed by atoms with Crippen LogP contribution in [0.3, 0.4) is 0 Å². The number of nitrogens with zero attached hydrogens (tertiary/aromatic N) is 5. The van der Waals surface area contributed by atoms with Crippen molar-refractivity contribution in [3.8, 4) is 5.82 Å². The molecule has 1 aliphatic rings. The van der Waals surface area contributed by atoms with Crippen LogP contribution in [0.4, 0.5) is 0 Å². The highest BCUT2D eigenvalue weighted by Crippen LogP contribution is 2.21. The summed E-state index contributed by atoms with van der Waals surface area (Å²) in [7, 11) is 0. The van der Waals surface area contributed by atoms with Crippen molar-refractivity contribution in [3.63, 3.8) is 0 Å². The minimum absolute atomic E-state index is 0. The van der Waals surface area contributed by atoms with Crippen LogP contribution in [0, 0.1) is 12.8 Å². The fraction of sp³-hybridized carbons (Fsp3) is 0.375. The van der Waals surface area contributed by atoms with E-state index in [1.807, 2.05) is 30.0 Å². The van der Waals surface area contributed by atoms with Gasteiger partial charge in [-0.3, -0.25) is 4.57 Å². The van der Waals surface area contributed by atoms with Crippen molar-refractivity contribution >= 4 is 29.9 Å². The Morgan fingerprint density at radius 1 is 1.13 bits per heavy atom. The summed E-state index contributed by atoms with van der Waals surface area (Å²) >= 11 is 0. The van der Waals surface area contributed by atoms with E-state index in [2.05, 4.69) is 63.5 Å². The van der Waals surface area contributed by atoms with E-state index >= 15 is 0 Å². The molecule has 0 spiro atoms. The molecule has 1 aromatic carbocycles. The van der Waals surface area contributed by atoms with Crippen LogP contribution >= 0.6 is 24.0 Å². The molecule has 1 unspecified atom stereocenters. The smallest absolute Gasteiger partial charge is 0.194 e. The Hall–Kier alpha value is -2.42. The SMILES string of the molecule is CCNC(=NCc1ccc(-n2ccnc2C)nc1)N1CCC(Cc2ccccc2)C1.I. The summed E-state index contributed by atoms with van der Waals surface area (Å²) in [6.07, 6.45) is 7.97. The van der Waals surface area contributed by atoms with Crippen molar-refractivity contribution in [2.75, 3.05) is 19.6 Å². The zero-order chi connectivity index (χ0) is 20.8. The lowest BCUT2D eigenvalue weighted by atomic mass is 9.99. The highest BCUT2D eigenvalue weighted by molar-refractivity contribution is 14.0. The summed E-state index contributed by atoms with van der Waals surface area (Å²) in [4.78, 5) is 16.1. The molecule has 0 bridgehead atoms. The van der Waals surface area contributed by atoms with Gasteiger partial charge < -0.3 is 10.2 Å². The number of imidazole rings is 1. The van der Waals surface area contributed by atoms with E-state index in [1.165, 1.54) is 12.0 Å². The Balaban J connectivity index is 0.00000272. The molecule has 0 saturated carbocycles. The van der Waals surface area contributed by atoms with Crippen LogP contribution in [0.25, 0.3) is 5.82 Å². The second kappa shape index (κ2) is 11.3. The summed E-state index contributed by atoms with van der Waals surface area (Å²) in [5, 5.41) is 3.46. The average Bonchev–Trinajstić information content (AvgIpc) is 3.41. The van der Waals surface area contributed by atoms with E-state index in [4.69, 9.17) is 4.99 Å². The number of rotatable bonds is 6. The van der Waals surface area contributed by atoms with Gasteiger partial charge in [0, 0.05) is 38.2 Å². The zero-order valence-electron chi connectivity index (χ0n) is 18.2. The van der Waals surface area contributed by atoms with Gasteiger partial charge in [-0.25, -0.2) is 15.0 Å². The van der Waals surface area contributed by atoms with Crippen molar-refractivity contribution < 1.29 is 0 Å². The molecule has 2 aromatic heterocycles. The topological polar surface area (TPSA) is 58.3 Å². The van der Waals surface area contributed by atoms with Gasteiger partial charge in [0.05, 0.1) is 6.54 Å². The Labute approximate surface area is 201 Å². The Morgan fingerprint density at radius 3 is 2.65 bits per heavy atom. The largest absolute Gasteiger partial charge is 0.357 e. The molecule has 6 nitrogen and oxygen atoms in total. The summed E-state index contributed by atoms with van der Waals surface area (Å²) in [5.41, 5.74) is 2.53. The number of nitrogens with one attached hydrogen (secondary N) is 1. The molecule has 7 heteroatoms.